The van der Waals surface area contributed by atoms with Crippen LogP contribution in [0.2, 0.25) is 0 Å². The van der Waals surface area contributed by atoms with E-state index in [2.05, 4.69) is 10.6 Å². The monoisotopic (exact) mass is 269 g/mol. The van der Waals surface area contributed by atoms with Crippen molar-refractivity contribution >= 4 is 21.6 Å². The lowest BCUT2D eigenvalue weighted by atomic mass is 10.1. The number of sulfonamides is 1. The molecular weight excluding hydrogens is 254 g/mol. The summed E-state index contributed by atoms with van der Waals surface area (Å²) in [6, 6.07) is 5.88. The highest BCUT2D eigenvalue weighted by Crippen LogP contribution is 2.21. The smallest absolute Gasteiger partial charge is 0.242 e. The van der Waals surface area contributed by atoms with Gasteiger partial charge in [-0.05, 0) is 25.0 Å². The number of anilines is 1. The molecule has 0 radical (unpaired) electrons. The van der Waals surface area contributed by atoms with Crippen molar-refractivity contribution in [3.05, 3.63) is 24.3 Å². The van der Waals surface area contributed by atoms with Crippen molar-refractivity contribution in [1.82, 2.24) is 5.32 Å². The molecule has 4 N–H and O–H groups in total. The van der Waals surface area contributed by atoms with E-state index in [1.54, 1.807) is 18.2 Å². The van der Waals surface area contributed by atoms with Gasteiger partial charge in [-0.2, -0.15) is 0 Å². The van der Waals surface area contributed by atoms with Crippen molar-refractivity contribution in [2.75, 3.05) is 11.9 Å². The van der Waals surface area contributed by atoms with Crippen LogP contribution in [0.3, 0.4) is 0 Å². The van der Waals surface area contributed by atoms with Crippen molar-refractivity contribution in [1.29, 1.82) is 0 Å². The van der Waals surface area contributed by atoms with Gasteiger partial charge in [-0.3, -0.25) is 4.79 Å². The Kier molecular flexibility index (Phi) is 3.53. The normalized spacial score (nSPS) is 20.3. The van der Waals surface area contributed by atoms with E-state index in [-0.39, 0.29) is 10.8 Å². The molecule has 98 valence electrons. The number of nitrogens with two attached hydrogens (primary N) is 1. The van der Waals surface area contributed by atoms with Gasteiger partial charge in [0.05, 0.1) is 5.69 Å². The second-order valence-electron chi connectivity index (χ2n) is 4.17. The quantitative estimate of drug-likeness (QED) is 0.720. The standard InChI is InChI=1S/C11H15N3O3S/c12-18(16,17)10-6-2-1-4-8(10)14-9-5-3-7-13-11(9)15/h1-2,4,6,9,14H,3,5,7H2,(H,13,15)(H2,12,16,17). The van der Waals surface area contributed by atoms with Crippen molar-refractivity contribution in [2.45, 2.75) is 23.8 Å². The van der Waals surface area contributed by atoms with Gasteiger partial charge in [0.2, 0.25) is 15.9 Å². The lowest BCUT2D eigenvalue weighted by Crippen LogP contribution is -2.44. The minimum atomic E-state index is -3.80. The SMILES string of the molecule is NS(=O)(=O)c1ccccc1NC1CCCNC1=O. The predicted octanol–water partition coefficient (Wildman–Crippen LogP) is 0.0245. The third-order valence-corrected chi connectivity index (χ3v) is 3.78. The molecule has 0 aliphatic carbocycles. The lowest BCUT2D eigenvalue weighted by Gasteiger charge is -2.24. The van der Waals surface area contributed by atoms with Crippen LogP contribution < -0.4 is 15.8 Å². The Balaban J connectivity index is 2.26. The first-order chi connectivity index (χ1) is 8.48. The van der Waals surface area contributed by atoms with Crippen LogP contribution in [0, 0.1) is 0 Å². The van der Waals surface area contributed by atoms with E-state index in [0.29, 0.717) is 18.7 Å². The Labute approximate surface area is 106 Å². The maximum atomic E-state index is 11.6. The Morgan fingerprint density at radius 3 is 2.72 bits per heavy atom. The van der Waals surface area contributed by atoms with E-state index in [1.807, 2.05) is 0 Å². The third-order valence-electron chi connectivity index (χ3n) is 2.81. The molecule has 1 aliphatic rings. The molecule has 0 aromatic heterocycles. The number of nitrogens with one attached hydrogen (secondary N) is 2. The zero-order valence-electron chi connectivity index (χ0n) is 9.72. The van der Waals surface area contributed by atoms with Gasteiger partial charge in [-0.15, -0.1) is 0 Å². The minimum Gasteiger partial charge on any atom is -0.373 e. The summed E-state index contributed by atoms with van der Waals surface area (Å²) in [6.07, 6.45) is 1.53. The van der Waals surface area contributed by atoms with E-state index in [1.165, 1.54) is 6.07 Å². The fourth-order valence-electron chi connectivity index (χ4n) is 1.93. The number of hydrogen-bond acceptors (Lipinski definition) is 4. The molecule has 7 heteroatoms. The van der Waals surface area contributed by atoms with E-state index >= 15 is 0 Å². The van der Waals surface area contributed by atoms with Gasteiger partial charge in [0, 0.05) is 6.54 Å². The molecule has 1 amide bonds. The second kappa shape index (κ2) is 4.95. The van der Waals surface area contributed by atoms with Gasteiger partial charge in [0.15, 0.2) is 0 Å². The predicted molar refractivity (Wildman–Crippen MR) is 67.5 cm³/mol. The lowest BCUT2D eigenvalue weighted by molar-refractivity contribution is -0.123. The molecular formula is C11H15N3O3S. The Morgan fingerprint density at radius 2 is 2.06 bits per heavy atom. The summed E-state index contributed by atoms with van der Waals surface area (Å²) in [5.74, 6) is -0.120. The first-order valence-corrected chi connectivity index (χ1v) is 7.19. The Hall–Kier alpha value is -1.60. The molecule has 0 spiro atoms. The average Bonchev–Trinajstić information content (AvgIpc) is 2.31. The van der Waals surface area contributed by atoms with E-state index < -0.39 is 16.1 Å². The summed E-state index contributed by atoms with van der Waals surface area (Å²) >= 11 is 0. The van der Waals surface area contributed by atoms with Crippen LogP contribution in [0.25, 0.3) is 0 Å². The number of piperidine rings is 1. The van der Waals surface area contributed by atoms with Crippen molar-refractivity contribution in [2.24, 2.45) is 5.14 Å². The highest BCUT2D eigenvalue weighted by molar-refractivity contribution is 7.89. The van der Waals surface area contributed by atoms with E-state index in [4.69, 9.17) is 5.14 Å². The summed E-state index contributed by atoms with van der Waals surface area (Å²) in [5, 5.41) is 10.8. The molecule has 1 aromatic carbocycles. The maximum absolute atomic E-state index is 11.6. The molecule has 6 nitrogen and oxygen atoms in total. The van der Waals surface area contributed by atoms with E-state index in [0.717, 1.165) is 6.42 Å². The molecule has 18 heavy (non-hydrogen) atoms. The van der Waals surface area contributed by atoms with Gasteiger partial charge in [-0.1, -0.05) is 12.1 Å². The number of benzene rings is 1. The summed E-state index contributed by atoms with van der Waals surface area (Å²) in [6.45, 7) is 0.661. The molecule has 2 rings (SSSR count). The number of amides is 1. The molecule has 1 aromatic rings. The highest BCUT2D eigenvalue weighted by atomic mass is 32.2. The van der Waals surface area contributed by atoms with Crippen LogP contribution in [0.15, 0.2) is 29.2 Å². The summed E-state index contributed by atoms with van der Waals surface area (Å²) in [5.41, 5.74) is 0.363. The highest BCUT2D eigenvalue weighted by Gasteiger charge is 2.23. The minimum absolute atomic E-state index is 0.00312. The number of para-hydroxylation sites is 1. The number of rotatable bonds is 3. The van der Waals surface area contributed by atoms with Gasteiger partial charge >= 0.3 is 0 Å². The number of carbonyl (C=O) groups excluding carboxylic acids is 1. The molecule has 1 unspecified atom stereocenters. The molecule has 1 aliphatic heterocycles. The largest absolute Gasteiger partial charge is 0.373 e. The van der Waals surface area contributed by atoms with Crippen molar-refractivity contribution in [3.8, 4) is 0 Å². The number of primary sulfonamides is 1. The van der Waals surface area contributed by atoms with Crippen molar-refractivity contribution < 1.29 is 13.2 Å². The van der Waals surface area contributed by atoms with Gasteiger partial charge in [0.1, 0.15) is 10.9 Å². The van der Waals surface area contributed by atoms with Crippen LogP contribution in [-0.4, -0.2) is 26.9 Å². The molecule has 1 fully saturated rings. The zero-order valence-corrected chi connectivity index (χ0v) is 10.5. The fourth-order valence-corrected chi connectivity index (χ4v) is 2.63. The summed E-state index contributed by atoms with van der Waals surface area (Å²) in [4.78, 5) is 11.6. The second-order valence-corrected chi connectivity index (χ2v) is 5.70. The van der Waals surface area contributed by atoms with E-state index in [9.17, 15) is 13.2 Å². The van der Waals surface area contributed by atoms with Crippen LogP contribution in [-0.2, 0) is 14.8 Å². The van der Waals surface area contributed by atoms with Crippen LogP contribution in [0.1, 0.15) is 12.8 Å². The molecule has 1 saturated heterocycles. The van der Waals surface area contributed by atoms with Gasteiger partial charge in [-0.25, -0.2) is 13.6 Å². The Morgan fingerprint density at radius 1 is 1.33 bits per heavy atom. The maximum Gasteiger partial charge on any atom is 0.242 e. The van der Waals surface area contributed by atoms with Crippen LogP contribution in [0.4, 0.5) is 5.69 Å². The van der Waals surface area contributed by atoms with Crippen molar-refractivity contribution in [3.63, 3.8) is 0 Å². The first-order valence-electron chi connectivity index (χ1n) is 5.64. The molecule has 1 heterocycles. The third kappa shape index (κ3) is 2.80. The average molecular weight is 269 g/mol. The molecule has 0 saturated carbocycles. The summed E-state index contributed by atoms with van der Waals surface area (Å²) < 4.78 is 22.8. The van der Waals surface area contributed by atoms with Gasteiger partial charge < -0.3 is 10.6 Å². The van der Waals surface area contributed by atoms with Crippen LogP contribution >= 0.6 is 0 Å². The number of hydrogen-bond donors (Lipinski definition) is 3. The summed E-state index contributed by atoms with van der Waals surface area (Å²) in [7, 11) is -3.80. The fraction of sp³-hybridized carbons (Fsp3) is 0.364. The Bertz CT molecular complexity index is 556. The topological polar surface area (TPSA) is 101 Å². The van der Waals surface area contributed by atoms with Crippen LogP contribution in [0.5, 0.6) is 0 Å². The molecule has 1 atom stereocenters. The van der Waals surface area contributed by atoms with Gasteiger partial charge in [0.25, 0.3) is 0 Å². The zero-order chi connectivity index (χ0) is 13.2. The number of carbonyl (C=O) groups is 1. The first kappa shape index (κ1) is 12.8. The molecule has 0 bridgehead atoms.